The Labute approximate surface area is 198 Å². The van der Waals surface area contributed by atoms with E-state index in [1.807, 2.05) is 18.7 Å². The number of nitrogens with two attached hydrogens (primary N) is 1. The molecule has 3 aliphatic rings. The molecule has 2 heterocycles. The molecule has 2 aromatic rings. The number of hydrogen-bond donors (Lipinski definition) is 2. The summed E-state index contributed by atoms with van der Waals surface area (Å²) in [5.74, 6) is -0.419. The van der Waals surface area contributed by atoms with E-state index in [1.165, 1.54) is 18.3 Å². The second-order valence-corrected chi connectivity index (χ2v) is 10.5. The molecule has 0 bridgehead atoms. The Kier molecular flexibility index (Phi) is 5.96. The van der Waals surface area contributed by atoms with Crippen molar-refractivity contribution >= 4 is 11.6 Å². The summed E-state index contributed by atoms with van der Waals surface area (Å²) in [6.07, 6.45) is 6.64. The molecule has 1 saturated heterocycles. The molecule has 1 aromatic carbocycles. The minimum atomic E-state index is -0.698. The number of nitrogens with zero attached hydrogens (tertiary/aromatic N) is 2. The molecule has 1 amide bonds. The van der Waals surface area contributed by atoms with Crippen LogP contribution in [0.3, 0.4) is 0 Å². The molecule has 2 atom stereocenters. The average molecular weight is 471 g/mol. The van der Waals surface area contributed by atoms with Crippen molar-refractivity contribution in [1.82, 2.24) is 10.3 Å². The first-order chi connectivity index (χ1) is 16.2. The fraction of sp³-hybridized carbons (Fsp3) is 0.538. The maximum absolute atomic E-state index is 14.3. The SMILES string of the molecule is CC(NC(=O)c1cnc(OCC2CC2)c(-c2cc(F)cc(F)c2)c1N1CC[C@](C)(N)C1)C1CC1. The fourth-order valence-electron chi connectivity index (χ4n) is 4.70. The minimum absolute atomic E-state index is 0.0413. The van der Waals surface area contributed by atoms with Crippen molar-refractivity contribution in [2.24, 2.45) is 17.6 Å². The van der Waals surface area contributed by atoms with E-state index in [0.717, 1.165) is 38.2 Å². The summed E-state index contributed by atoms with van der Waals surface area (Å²) in [7, 11) is 0. The Morgan fingerprint density at radius 1 is 1.26 bits per heavy atom. The van der Waals surface area contributed by atoms with Gasteiger partial charge in [-0.2, -0.15) is 0 Å². The highest BCUT2D eigenvalue weighted by atomic mass is 19.1. The third-order valence-electron chi connectivity index (χ3n) is 7.07. The summed E-state index contributed by atoms with van der Waals surface area (Å²) in [6.45, 7) is 5.57. The quantitative estimate of drug-likeness (QED) is 0.602. The number of rotatable bonds is 8. The van der Waals surface area contributed by atoms with Gasteiger partial charge in [-0.1, -0.05) is 0 Å². The summed E-state index contributed by atoms with van der Waals surface area (Å²) in [6, 6.07) is 3.40. The standard InChI is InChI=1S/C26H32F2N4O2/c1-15(17-5-6-17)31-24(33)21-12-30-25(34-13-16-3-4-16)22(18-9-19(27)11-20(28)10-18)23(21)32-8-7-26(2,29)14-32/h9-12,15-17H,3-8,13-14,29H2,1-2H3,(H,31,33)/t15?,26-/m0/s1. The van der Waals surface area contributed by atoms with Gasteiger partial charge >= 0.3 is 0 Å². The minimum Gasteiger partial charge on any atom is -0.477 e. The predicted octanol–water partition coefficient (Wildman–Crippen LogP) is 4.27. The van der Waals surface area contributed by atoms with Crippen molar-refractivity contribution in [3.63, 3.8) is 0 Å². The molecule has 182 valence electrons. The maximum Gasteiger partial charge on any atom is 0.255 e. The van der Waals surface area contributed by atoms with Crippen molar-refractivity contribution in [3.05, 3.63) is 41.6 Å². The van der Waals surface area contributed by atoms with E-state index in [1.54, 1.807) is 0 Å². The maximum atomic E-state index is 14.3. The second-order valence-electron chi connectivity index (χ2n) is 10.5. The first-order valence-corrected chi connectivity index (χ1v) is 12.2. The Bertz CT molecular complexity index is 1080. The van der Waals surface area contributed by atoms with Crippen molar-refractivity contribution in [1.29, 1.82) is 0 Å². The van der Waals surface area contributed by atoms with Crippen molar-refractivity contribution in [2.45, 2.75) is 57.5 Å². The number of amides is 1. The number of pyridine rings is 1. The number of carbonyl (C=O) groups excluding carboxylic acids is 1. The van der Waals surface area contributed by atoms with Gasteiger partial charge in [0, 0.05) is 36.9 Å². The number of hydrogen-bond acceptors (Lipinski definition) is 5. The number of aromatic nitrogens is 1. The summed E-state index contributed by atoms with van der Waals surface area (Å²) in [5.41, 5.74) is 7.65. The molecule has 1 aromatic heterocycles. The number of ether oxygens (including phenoxy) is 1. The molecular formula is C26H32F2N4O2. The zero-order chi connectivity index (χ0) is 24.0. The van der Waals surface area contributed by atoms with E-state index in [9.17, 15) is 13.6 Å². The lowest BCUT2D eigenvalue weighted by Gasteiger charge is -2.28. The molecular weight excluding hydrogens is 438 g/mol. The molecule has 3 fully saturated rings. The third kappa shape index (κ3) is 5.02. The molecule has 8 heteroatoms. The van der Waals surface area contributed by atoms with Crippen LogP contribution in [0.4, 0.5) is 14.5 Å². The molecule has 1 aliphatic heterocycles. The predicted molar refractivity (Wildman–Crippen MR) is 127 cm³/mol. The molecule has 5 rings (SSSR count). The summed E-state index contributed by atoms with van der Waals surface area (Å²) in [4.78, 5) is 19.9. The summed E-state index contributed by atoms with van der Waals surface area (Å²) < 4.78 is 34.7. The molecule has 34 heavy (non-hydrogen) atoms. The molecule has 6 nitrogen and oxygen atoms in total. The lowest BCUT2D eigenvalue weighted by atomic mass is 9.99. The van der Waals surface area contributed by atoms with Crippen LogP contribution in [-0.2, 0) is 0 Å². The molecule has 3 N–H and O–H groups in total. The van der Waals surface area contributed by atoms with Gasteiger partial charge in [0.1, 0.15) is 11.6 Å². The van der Waals surface area contributed by atoms with E-state index in [-0.39, 0.29) is 17.8 Å². The lowest BCUT2D eigenvalue weighted by Crippen LogP contribution is -2.40. The van der Waals surface area contributed by atoms with E-state index in [0.29, 0.717) is 53.9 Å². The average Bonchev–Trinajstić information content (AvgIpc) is 3.68. The normalized spacial score (nSPS) is 23.1. The highest BCUT2D eigenvalue weighted by molar-refractivity contribution is 6.04. The van der Waals surface area contributed by atoms with Crippen molar-refractivity contribution < 1.29 is 18.3 Å². The molecule has 0 radical (unpaired) electrons. The number of carbonyl (C=O) groups is 1. The van der Waals surface area contributed by atoms with Gasteiger partial charge in [0.2, 0.25) is 5.88 Å². The Balaban J connectivity index is 1.64. The van der Waals surface area contributed by atoms with Crippen molar-refractivity contribution in [2.75, 3.05) is 24.6 Å². The number of nitrogens with one attached hydrogen (secondary N) is 1. The number of benzene rings is 1. The zero-order valence-electron chi connectivity index (χ0n) is 19.7. The van der Waals surface area contributed by atoms with Crippen LogP contribution in [0.5, 0.6) is 5.88 Å². The molecule has 2 aliphatic carbocycles. The lowest BCUT2D eigenvalue weighted by molar-refractivity contribution is 0.0936. The van der Waals surface area contributed by atoms with Gasteiger partial charge in [-0.3, -0.25) is 4.79 Å². The van der Waals surface area contributed by atoms with E-state index < -0.39 is 17.2 Å². The topological polar surface area (TPSA) is 80.5 Å². The Morgan fingerprint density at radius 3 is 2.56 bits per heavy atom. The monoisotopic (exact) mass is 470 g/mol. The van der Waals surface area contributed by atoms with Crippen LogP contribution in [0, 0.1) is 23.5 Å². The fourth-order valence-corrected chi connectivity index (χ4v) is 4.70. The van der Waals surface area contributed by atoms with Crippen LogP contribution in [0.1, 0.15) is 56.3 Å². The highest BCUT2D eigenvalue weighted by Gasteiger charge is 2.36. The van der Waals surface area contributed by atoms with Crippen LogP contribution < -0.4 is 20.7 Å². The number of anilines is 1. The molecule has 1 unspecified atom stereocenters. The zero-order valence-corrected chi connectivity index (χ0v) is 19.7. The number of halogens is 2. The molecule has 0 spiro atoms. The Morgan fingerprint density at radius 2 is 1.97 bits per heavy atom. The second kappa shape index (κ2) is 8.80. The highest BCUT2D eigenvalue weighted by Crippen LogP contribution is 2.43. The van der Waals surface area contributed by atoms with Gasteiger partial charge in [0.25, 0.3) is 5.91 Å². The van der Waals surface area contributed by atoms with Gasteiger partial charge in [-0.25, -0.2) is 13.8 Å². The van der Waals surface area contributed by atoms with E-state index >= 15 is 0 Å². The van der Waals surface area contributed by atoms with Crippen LogP contribution >= 0.6 is 0 Å². The smallest absolute Gasteiger partial charge is 0.255 e. The Hall–Kier alpha value is -2.74. The van der Waals surface area contributed by atoms with Crippen LogP contribution in [0.25, 0.3) is 11.1 Å². The van der Waals surface area contributed by atoms with Gasteiger partial charge < -0.3 is 20.7 Å². The van der Waals surface area contributed by atoms with Gasteiger partial charge in [-0.05, 0) is 75.5 Å². The third-order valence-corrected chi connectivity index (χ3v) is 7.07. The van der Waals surface area contributed by atoms with Gasteiger partial charge in [0.05, 0.1) is 23.4 Å². The van der Waals surface area contributed by atoms with Crippen molar-refractivity contribution in [3.8, 4) is 17.0 Å². The van der Waals surface area contributed by atoms with E-state index in [4.69, 9.17) is 10.5 Å². The first-order valence-electron chi connectivity index (χ1n) is 12.2. The van der Waals surface area contributed by atoms with Gasteiger partial charge in [0.15, 0.2) is 0 Å². The van der Waals surface area contributed by atoms with Gasteiger partial charge in [-0.15, -0.1) is 0 Å². The van der Waals surface area contributed by atoms with Crippen LogP contribution in [0.15, 0.2) is 24.4 Å². The van der Waals surface area contributed by atoms with Crippen LogP contribution in [-0.4, -0.2) is 42.2 Å². The molecule has 2 saturated carbocycles. The summed E-state index contributed by atoms with van der Waals surface area (Å²) in [5, 5.41) is 3.10. The first kappa shape index (κ1) is 23.0. The van der Waals surface area contributed by atoms with Crippen LogP contribution in [0.2, 0.25) is 0 Å². The largest absolute Gasteiger partial charge is 0.477 e. The van der Waals surface area contributed by atoms with E-state index in [2.05, 4.69) is 10.3 Å². The summed E-state index contributed by atoms with van der Waals surface area (Å²) >= 11 is 0.